The Kier molecular flexibility index (Phi) is 4.79. The molecular weight excluding hydrogens is 370 g/mol. The molecule has 0 aliphatic heterocycles. The van der Waals surface area contributed by atoms with E-state index in [1.165, 1.54) is 11.3 Å². The molecule has 0 atom stereocenters. The molecule has 2 heterocycles. The number of carbonyl (C=O) groups excluding carboxylic acids is 1. The van der Waals surface area contributed by atoms with Crippen LogP contribution in [0, 0.1) is 0 Å². The lowest BCUT2D eigenvalue weighted by Crippen LogP contribution is -2.22. The van der Waals surface area contributed by atoms with Crippen molar-refractivity contribution >= 4 is 27.5 Å². The highest BCUT2D eigenvalue weighted by Gasteiger charge is 2.11. The summed E-state index contributed by atoms with van der Waals surface area (Å²) < 4.78 is 2.26. The quantitative estimate of drug-likeness (QED) is 0.532. The van der Waals surface area contributed by atoms with Gasteiger partial charge >= 0.3 is 0 Å². The molecule has 4 rings (SSSR count). The molecule has 0 radical (unpaired) electrons. The summed E-state index contributed by atoms with van der Waals surface area (Å²) >= 11 is 1.47. The van der Waals surface area contributed by atoms with E-state index in [1.54, 1.807) is 42.0 Å². The summed E-state index contributed by atoms with van der Waals surface area (Å²) in [7, 11) is 3.45. The van der Waals surface area contributed by atoms with E-state index < -0.39 is 0 Å². The van der Waals surface area contributed by atoms with E-state index in [-0.39, 0.29) is 11.5 Å². The maximum absolute atomic E-state index is 12.9. The number of benzene rings is 2. The maximum atomic E-state index is 12.9. The van der Waals surface area contributed by atoms with Crippen molar-refractivity contribution in [1.82, 2.24) is 14.5 Å². The number of fused-ring (bicyclic) bond motifs is 1. The van der Waals surface area contributed by atoms with Crippen LogP contribution >= 0.6 is 11.3 Å². The van der Waals surface area contributed by atoms with E-state index >= 15 is 0 Å². The van der Waals surface area contributed by atoms with Gasteiger partial charge in [-0.15, -0.1) is 11.3 Å². The first-order chi connectivity index (χ1) is 13.5. The molecule has 4 aromatic rings. The van der Waals surface area contributed by atoms with Gasteiger partial charge in [-0.1, -0.05) is 42.5 Å². The van der Waals surface area contributed by atoms with Crippen LogP contribution in [-0.2, 0) is 6.54 Å². The summed E-state index contributed by atoms with van der Waals surface area (Å²) in [6, 6.07) is 19.3. The lowest BCUT2D eigenvalue weighted by atomic mass is 10.1. The summed E-state index contributed by atoms with van der Waals surface area (Å²) in [6.07, 6.45) is 1.59. The normalized spacial score (nSPS) is 10.9. The van der Waals surface area contributed by atoms with E-state index in [4.69, 9.17) is 0 Å². The Labute approximate surface area is 166 Å². The molecule has 140 valence electrons. The molecule has 6 heteroatoms. The zero-order valence-electron chi connectivity index (χ0n) is 15.6. The smallest absolute Gasteiger partial charge is 0.271 e. The van der Waals surface area contributed by atoms with Gasteiger partial charge in [-0.2, -0.15) is 0 Å². The number of amides is 1. The lowest BCUT2D eigenvalue weighted by molar-refractivity contribution is 0.0827. The molecule has 0 unspecified atom stereocenters. The van der Waals surface area contributed by atoms with Crippen LogP contribution in [-0.4, -0.2) is 34.5 Å². The Balaban J connectivity index is 1.64. The van der Waals surface area contributed by atoms with E-state index in [9.17, 15) is 9.59 Å². The number of rotatable bonds is 4. The van der Waals surface area contributed by atoms with Gasteiger partial charge in [-0.25, -0.2) is 4.98 Å². The number of hydrogen-bond acceptors (Lipinski definition) is 4. The summed E-state index contributed by atoms with van der Waals surface area (Å²) in [5.74, 6) is -0.0427. The first-order valence-corrected chi connectivity index (χ1v) is 9.69. The lowest BCUT2D eigenvalue weighted by Gasteiger charge is -2.11. The fourth-order valence-corrected chi connectivity index (χ4v) is 4.08. The van der Waals surface area contributed by atoms with Gasteiger partial charge in [0.2, 0.25) is 0 Å². The molecule has 0 saturated carbocycles. The van der Waals surface area contributed by atoms with Gasteiger partial charge in [0.25, 0.3) is 11.5 Å². The van der Waals surface area contributed by atoms with Gasteiger partial charge in [0.15, 0.2) is 0 Å². The minimum atomic E-state index is -0.0503. The minimum absolute atomic E-state index is 0.0427. The zero-order chi connectivity index (χ0) is 19.7. The predicted molar refractivity (Wildman–Crippen MR) is 113 cm³/mol. The summed E-state index contributed by atoms with van der Waals surface area (Å²) in [5, 5.41) is 0. The molecule has 0 aliphatic carbocycles. The first-order valence-electron chi connectivity index (χ1n) is 8.88. The number of aromatic nitrogens is 2. The second kappa shape index (κ2) is 7.40. The SMILES string of the molecule is CN(C)C(=O)c1ccc(Cn2cnc3cc(-c4ccccc4)sc3c2=O)cc1. The highest BCUT2D eigenvalue weighted by Crippen LogP contribution is 2.30. The van der Waals surface area contributed by atoms with E-state index in [1.807, 2.05) is 48.5 Å². The average molecular weight is 389 g/mol. The van der Waals surface area contributed by atoms with Crippen molar-refractivity contribution in [1.29, 1.82) is 0 Å². The van der Waals surface area contributed by atoms with Crippen LogP contribution in [0.25, 0.3) is 20.7 Å². The topological polar surface area (TPSA) is 55.2 Å². The fourth-order valence-electron chi connectivity index (χ4n) is 3.01. The van der Waals surface area contributed by atoms with Crippen LogP contribution in [0.3, 0.4) is 0 Å². The van der Waals surface area contributed by atoms with Crippen LogP contribution in [0.1, 0.15) is 15.9 Å². The Morgan fingerprint density at radius 2 is 1.79 bits per heavy atom. The summed E-state index contributed by atoms with van der Waals surface area (Å²) in [5.41, 5.74) is 3.32. The van der Waals surface area contributed by atoms with Gasteiger partial charge in [0.05, 0.1) is 18.4 Å². The van der Waals surface area contributed by atoms with Crippen LogP contribution in [0.15, 0.2) is 71.8 Å². The minimum Gasteiger partial charge on any atom is -0.345 e. The average Bonchev–Trinajstić information content (AvgIpc) is 3.16. The molecule has 28 heavy (non-hydrogen) atoms. The third-order valence-electron chi connectivity index (χ3n) is 4.52. The standard InChI is InChI=1S/C22H19N3O2S/c1-24(2)21(26)17-10-8-15(9-11-17)13-25-14-23-18-12-19(28-20(18)22(25)27)16-6-4-3-5-7-16/h3-12,14H,13H2,1-2H3. The fraction of sp³-hybridized carbons (Fsp3) is 0.136. The number of carbonyl (C=O) groups is 1. The molecule has 0 N–H and O–H groups in total. The van der Waals surface area contributed by atoms with Crippen molar-refractivity contribution in [3.63, 3.8) is 0 Å². The molecule has 2 aromatic heterocycles. The molecule has 0 bridgehead atoms. The van der Waals surface area contributed by atoms with Crippen molar-refractivity contribution in [2.24, 2.45) is 0 Å². The van der Waals surface area contributed by atoms with Crippen molar-refractivity contribution < 1.29 is 4.79 Å². The Morgan fingerprint density at radius 3 is 2.46 bits per heavy atom. The molecule has 0 spiro atoms. The van der Waals surface area contributed by atoms with Gasteiger partial charge in [0.1, 0.15) is 4.70 Å². The van der Waals surface area contributed by atoms with Crippen LogP contribution in [0.2, 0.25) is 0 Å². The summed E-state index contributed by atoms with van der Waals surface area (Å²) in [6.45, 7) is 0.413. The van der Waals surface area contributed by atoms with Gasteiger partial charge < -0.3 is 4.90 Å². The molecule has 5 nitrogen and oxygen atoms in total. The third-order valence-corrected chi connectivity index (χ3v) is 5.68. The third kappa shape index (κ3) is 3.46. The van der Waals surface area contributed by atoms with Crippen LogP contribution in [0.5, 0.6) is 0 Å². The van der Waals surface area contributed by atoms with E-state index in [2.05, 4.69) is 4.98 Å². The second-order valence-electron chi connectivity index (χ2n) is 6.77. The van der Waals surface area contributed by atoms with Crippen molar-refractivity contribution in [2.45, 2.75) is 6.54 Å². The number of nitrogens with zero attached hydrogens (tertiary/aromatic N) is 3. The molecule has 1 amide bonds. The van der Waals surface area contributed by atoms with E-state index in [0.29, 0.717) is 16.8 Å². The van der Waals surface area contributed by atoms with E-state index in [0.717, 1.165) is 21.5 Å². The van der Waals surface area contributed by atoms with Crippen molar-refractivity contribution in [2.75, 3.05) is 14.1 Å². The highest BCUT2D eigenvalue weighted by atomic mass is 32.1. The second-order valence-corrected chi connectivity index (χ2v) is 7.82. The Morgan fingerprint density at radius 1 is 1.07 bits per heavy atom. The van der Waals surface area contributed by atoms with Crippen molar-refractivity contribution in [3.8, 4) is 10.4 Å². The molecular formula is C22H19N3O2S. The van der Waals surface area contributed by atoms with Gasteiger partial charge in [-0.3, -0.25) is 14.2 Å². The Hall–Kier alpha value is -3.25. The van der Waals surface area contributed by atoms with Gasteiger partial charge in [-0.05, 0) is 29.3 Å². The molecule has 2 aromatic carbocycles. The zero-order valence-corrected chi connectivity index (χ0v) is 16.4. The van der Waals surface area contributed by atoms with Crippen LogP contribution < -0.4 is 5.56 Å². The number of hydrogen-bond donors (Lipinski definition) is 0. The number of thiophene rings is 1. The highest BCUT2D eigenvalue weighted by molar-refractivity contribution is 7.22. The van der Waals surface area contributed by atoms with Gasteiger partial charge in [0, 0.05) is 24.5 Å². The van der Waals surface area contributed by atoms with Crippen LogP contribution in [0.4, 0.5) is 0 Å². The molecule has 0 fully saturated rings. The Bertz CT molecular complexity index is 1190. The monoisotopic (exact) mass is 389 g/mol. The maximum Gasteiger partial charge on any atom is 0.271 e. The predicted octanol–water partition coefficient (Wildman–Crippen LogP) is 3.88. The molecule has 0 aliphatic rings. The summed E-state index contributed by atoms with van der Waals surface area (Å²) in [4.78, 5) is 31.9. The van der Waals surface area contributed by atoms with Crippen molar-refractivity contribution in [3.05, 3.63) is 88.5 Å². The molecule has 0 saturated heterocycles. The first kappa shape index (κ1) is 18.1. The largest absolute Gasteiger partial charge is 0.345 e.